The summed E-state index contributed by atoms with van der Waals surface area (Å²) in [4.78, 5) is 13.3. The molecule has 0 radical (unpaired) electrons. The standard InChI is InChI=1S/C19H14F4N2O2S/c1-28(27)15-8-4-12(5-9-15)16-10-24-25(11-19(21,22)23)18(26)17(16)13-2-6-14(20)7-3-13/h2-10H,11H2,1H3. The molecule has 1 heterocycles. The van der Waals surface area contributed by atoms with Gasteiger partial charge in [-0.05, 0) is 58.7 Å². The van der Waals surface area contributed by atoms with Crippen molar-refractivity contribution in [1.82, 2.24) is 9.78 Å². The van der Waals surface area contributed by atoms with Gasteiger partial charge < -0.3 is 4.55 Å². The van der Waals surface area contributed by atoms with Gasteiger partial charge in [-0.1, -0.05) is 12.1 Å². The predicted octanol–water partition coefficient (Wildman–Crippen LogP) is 4.02. The molecule has 0 aliphatic heterocycles. The molecule has 0 spiro atoms. The lowest BCUT2D eigenvalue weighted by Crippen LogP contribution is -2.31. The summed E-state index contributed by atoms with van der Waals surface area (Å²) >= 11 is -1.21. The van der Waals surface area contributed by atoms with E-state index in [1.165, 1.54) is 24.6 Å². The highest BCUT2D eigenvalue weighted by atomic mass is 32.2. The Labute approximate surface area is 160 Å². The number of hydrogen-bond donors (Lipinski definition) is 0. The van der Waals surface area contributed by atoms with Gasteiger partial charge in [0.1, 0.15) is 18.6 Å². The van der Waals surface area contributed by atoms with Crippen LogP contribution in [-0.2, 0) is 17.7 Å². The lowest BCUT2D eigenvalue weighted by atomic mass is 9.97. The van der Waals surface area contributed by atoms with E-state index in [1.54, 1.807) is 24.3 Å². The summed E-state index contributed by atoms with van der Waals surface area (Å²) in [6, 6.07) is 11.3. The van der Waals surface area contributed by atoms with Crippen LogP contribution >= 0.6 is 0 Å². The van der Waals surface area contributed by atoms with E-state index in [2.05, 4.69) is 5.10 Å². The molecular formula is C19H14F4N2O2S. The van der Waals surface area contributed by atoms with Gasteiger partial charge in [0.25, 0.3) is 5.56 Å². The summed E-state index contributed by atoms with van der Waals surface area (Å²) in [6.45, 7) is -1.53. The first kappa shape index (κ1) is 20.1. The van der Waals surface area contributed by atoms with Crippen LogP contribution in [-0.4, -0.2) is 26.8 Å². The van der Waals surface area contributed by atoms with Crippen molar-refractivity contribution < 1.29 is 22.1 Å². The number of halogens is 4. The van der Waals surface area contributed by atoms with Gasteiger partial charge >= 0.3 is 6.18 Å². The number of hydrogen-bond acceptors (Lipinski definition) is 3. The smallest absolute Gasteiger partial charge is 0.408 e. The molecule has 2 aromatic carbocycles. The minimum Gasteiger partial charge on any atom is -0.612 e. The lowest BCUT2D eigenvalue weighted by Gasteiger charge is -2.14. The number of nitrogens with zero attached hydrogens (tertiary/aromatic N) is 2. The van der Waals surface area contributed by atoms with Crippen molar-refractivity contribution in [2.75, 3.05) is 6.26 Å². The largest absolute Gasteiger partial charge is 0.612 e. The summed E-state index contributed by atoms with van der Waals surface area (Å²) in [7, 11) is 0. The zero-order valence-corrected chi connectivity index (χ0v) is 15.4. The number of rotatable bonds is 4. The first-order valence-electron chi connectivity index (χ1n) is 8.02. The first-order chi connectivity index (χ1) is 13.2. The molecule has 0 N–H and O–H groups in total. The normalized spacial score (nSPS) is 12.8. The summed E-state index contributed by atoms with van der Waals surface area (Å²) in [5.41, 5.74) is 0.109. The Morgan fingerprint density at radius 3 is 2.14 bits per heavy atom. The Hall–Kier alpha value is -2.65. The molecule has 1 atom stereocenters. The predicted molar refractivity (Wildman–Crippen MR) is 97.7 cm³/mol. The third-order valence-electron chi connectivity index (χ3n) is 4.00. The summed E-state index contributed by atoms with van der Waals surface area (Å²) in [6.07, 6.45) is -1.94. The van der Waals surface area contributed by atoms with Crippen LogP contribution < -0.4 is 5.56 Å². The maximum absolute atomic E-state index is 13.3. The molecule has 0 aliphatic rings. The van der Waals surface area contributed by atoms with Gasteiger partial charge in [-0.2, -0.15) is 18.3 Å². The number of alkyl halides is 3. The highest BCUT2D eigenvalue weighted by molar-refractivity contribution is 7.90. The molecule has 0 amide bonds. The topological polar surface area (TPSA) is 58.0 Å². The van der Waals surface area contributed by atoms with Crippen LogP contribution in [0.2, 0.25) is 0 Å². The molecule has 3 rings (SSSR count). The highest BCUT2D eigenvalue weighted by Gasteiger charge is 2.30. The van der Waals surface area contributed by atoms with Gasteiger partial charge in [0, 0.05) is 5.56 Å². The van der Waals surface area contributed by atoms with E-state index in [0.717, 1.165) is 12.1 Å². The van der Waals surface area contributed by atoms with Gasteiger partial charge in [-0.3, -0.25) is 4.79 Å². The molecule has 1 aromatic heterocycles. The van der Waals surface area contributed by atoms with Crippen LogP contribution in [0.3, 0.4) is 0 Å². The van der Waals surface area contributed by atoms with Crippen molar-refractivity contribution in [3.63, 3.8) is 0 Å². The molecule has 3 aromatic rings. The van der Waals surface area contributed by atoms with E-state index in [4.69, 9.17) is 0 Å². The Balaban J connectivity index is 2.20. The quantitative estimate of drug-likeness (QED) is 0.482. The summed E-state index contributed by atoms with van der Waals surface area (Å²) < 4.78 is 63.5. The van der Waals surface area contributed by atoms with Gasteiger partial charge in [-0.25, -0.2) is 9.07 Å². The Bertz CT molecular complexity index is 1030. The van der Waals surface area contributed by atoms with Crippen molar-refractivity contribution >= 4 is 11.2 Å². The van der Waals surface area contributed by atoms with Crippen molar-refractivity contribution in [2.24, 2.45) is 0 Å². The van der Waals surface area contributed by atoms with Gasteiger partial charge in [0.15, 0.2) is 4.90 Å². The fourth-order valence-electron chi connectivity index (χ4n) is 2.71. The molecule has 0 bridgehead atoms. The molecule has 146 valence electrons. The SMILES string of the molecule is C[S+]([O-])c1ccc(-c2cnn(CC(F)(F)F)c(=O)c2-c2ccc(F)cc2)cc1. The van der Waals surface area contributed by atoms with Crippen LogP contribution in [0.5, 0.6) is 0 Å². The maximum atomic E-state index is 13.3. The second-order valence-electron chi connectivity index (χ2n) is 6.00. The van der Waals surface area contributed by atoms with Crippen molar-refractivity contribution in [3.05, 3.63) is 70.9 Å². The zero-order chi connectivity index (χ0) is 20.5. The van der Waals surface area contributed by atoms with Gasteiger partial charge in [0.05, 0.1) is 11.8 Å². The van der Waals surface area contributed by atoms with Gasteiger partial charge in [-0.15, -0.1) is 0 Å². The average molecular weight is 410 g/mol. The van der Waals surface area contributed by atoms with Crippen molar-refractivity contribution in [1.29, 1.82) is 0 Å². The third kappa shape index (κ3) is 4.42. The second kappa shape index (κ2) is 7.76. The third-order valence-corrected chi connectivity index (χ3v) is 4.94. The number of benzene rings is 2. The first-order valence-corrected chi connectivity index (χ1v) is 9.58. The fourth-order valence-corrected chi connectivity index (χ4v) is 3.23. The van der Waals surface area contributed by atoms with Crippen molar-refractivity contribution in [3.8, 4) is 22.3 Å². The minimum absolute atomic E-state index is 0.0235. The van der Waals surface area contributed by atoms with E-state index in [0.29, 0.717) is 20.7 Å². The van der Waals surface area contributed by atoms with Crippen LogP contribution in [0.1, 0.15) is 0 Å². The average Bonchev–Trinajstić information content (AvgIpc) is 2.63. The molecule has 4 nitrogen and oxygen atoms in total. The molecule has 0 fully saturated rings. The Morgan fingerprint density at radius 2 is 1.61 bits per heavy atom. The van der Waals surface area contributed by atoms with E-state index in [9.17, 15) is 26.9 Å². The second-order valence-corrected chi connectivity index (χ2v) is 7.38. The molecule has 0 aliphatic carbocycles. The van der Waals surface area contributed by atoms with Crippen LogP contribution in [0.4, 0.5) is 17.6 Å². The summed E-state index contributed by atoms with van der Waals surface area (Å²) in [5.74, 6) is -0.537. The van der Waals surface area contributed by atoms with E-state index in [1.807, 2.05) is 0 Å². The van der Waals surface area contributed by atoms with Gasteiger partial charge in [0.2, 0.25) is 0 Å². The summed E-state index contributed by atoms with van der Waals surface area (Å²) in [5, 5.41) is 3.65. The fraction of sp³-hybridized carbons (Fsp3) is 0.158. The molecule has 1 unspecified atom stereocenters. The highest BCUT2D eigenvalue weighted by Crippen LogP contribution is 2.30. The molecule has 0 saturated carbocycles. The van der Waals surface area contributed by atoms with Crippen LogP contribution in [0.15, 0.2) is 64.4 Å². The Kier molecular flexibility index (Phi) is 5.57. The molecule has 28 heavy (non-hydrogen) atoms. The van der Waals surface area contributed by atoms with Crippen molar-refractivity contribution in [2.45, 2.75) is 17.6 Å². The zero-order valence-electron chi connectivity index (χ0n) is 14.5. The van der Waals surface area contributed by atoms with E-state index in [-0.39, 0.29) is 11.1 Å². The molecule has 0 saturated heterocycles. The van der Waals surface area contributed by atoms with E-state index >= 15 is 0 Å². The van der Waals surface area contributed by atoms with Crippen LogP contribution in [0.25, 0.3) is 22.3 Å². The molecule has 9 heteroatoms. The van der Waals surface area contributed by atoms with Crippen LogP contribution in [0, 0.1) is 5.82 Å². The molecular weight excluding hydrogens is 396 g/mol. The lowest BCUT2D eigenvalue weighted by molar-refractivity contribution is -0.143. The Morgan fingerprint density at radius 1 is 1.04 bits per heavy atom. The van der Waals surface area contributed by atoms with E-state index < -0.39 is 35.3 Å². The minimum atomic E-state index is -4.62. The number of aromatic nitrogens is 2. The maximum Gasteiger partial charge on any atom is 0.408 e. The monoisotopic (exact) mass is 410 g/mol.